The van der Waals surface area contributed by atoms with Crippen molar-refractivity contribution in [3.63, 3.8) is 0 Å². The maximum atomic E-state index is 13.5. The lowest BCUT2D eigenvalue weighted by molar-refractivity contribution is -0.154. The van der Waals surface area contributed by atoms with Gasteiger partial charge in [-0.25, -0.2) is 4.79 Å². The Balaban J connectivity index is 3.18. The highest BCUT2D eigenvalue weighted by Crippen LogP contribution is 2.27. The number of esters is 1. The van der Waals surface area contributed by atoms with Gasteiger partial charge in [0.1, 0.15) is 0 Å². The summed E-state index contributed by atoms with van der Waals surface area (Å²) >= 11 is 0. The van der Waals surface area contributed by atoms with Crippen molar-refractivity contribution in [1.29, 1.82) is 0 Å². The van der Waals surface area contributed by atoms with Crippen molar-refractivity contribution in [3.05, 3.63) is 23.5 Å². The van der Waals surface area contributed by atoms with Gasteiger partial charge < -0.3 is 9.47 Å². The predicted molar refractivity (Wildman–Crippen MR) is 64.6 cm³/mol. The first-order chi connectivity index (χ1) is 9.83. The average Bonchev–Trinajstić information content (AvgIpc) is 2.45. The van der Waals surface area contributed by atoms with Crippen molar-refractivity contribution in [2.24, 2.45) is 5.92 Å². The summed E-state index contributed by atoms with van der Waals surface area (Å²) in [6.07, 6.45) is -0.969. The highest BCUT2D eigenvalue weighted by molar-refractivity contribution is 5.75. The minimum atomic E-state index is -1.85. The van der Waals surface area contributed by atoms with Crippen LogP contribution in [0.4, 0.5) is 17.6 Å². The van der Waals surface area contributed by atoms with Gasteiger partial charge in [-0.1, -0.05) is 13.8 Å². The summed E-state index contributed by atoms with van der Waals surface area (Å²) in [7, 11) is 0. The second-order valence-corrected chi connectivity index (χ2v) is 4.33. The van der Waals surface area contributed by atoms with Crippen LogP contribution >= 0.6 is 0 Å². The van der Waals surface area contributed by atoms with Gasteiger partial charge in [0.25, 0.3) is 11.9 Å². The highest BCUT2D eigenvalue weighted by Gasteiger charge is 2.32. The Morgan fingerprint density at radius 2 is 1.67 bits per heavy atom. The van der Waals surface area contributed by atoms with Crippen molar-refractivity contribution in [2.45, 2.75) is 33.3 Å². The van der Waals surface area contributed by atoms with E-state index in [2.05, 4.69) is 4.98 Å². The lowest BCUT2D eigenvalue weighted by atomic mass is 10.0. The first-order valence-electron chi connectivity index (χ1n) is 6.36. The van der Waals surface area contributed by atoms with Crippen LogP contribution in [0.3, 0.4) is 0 Å². The number of carbonyl (C=O) groups excluding carboxylic acids is 1. The molecule has 1 aromatic rings. The fourth-order valence-corrected chi connectivity index (χ4v) is 1.53. The number of hydrogen-bond acceptors (Lipinski definition) is 4. The number of carbonyl (C=O) groups is 1. The SMILES string of the molecule is CCOC(=O)C(Oc1c(F)c(F)nc(F)c1F)C(C)CC. The summed E-state index contributed by atoms with van der Waals surface area (Å²) in [6.45, 7) is 4.85. The minimum absolute atomic E-state index is 0.0269. The molecule has 0 radical (unpaired) electrons. The molecule has 8 heteroatoms. The van der Waals surface area contributed by atoms with Crippen LogP contribution in [0.2, 0.25) is 0 Å². The molecule has 0 aliphatic rings. The maximum absolute atomic E-state index is 13.5. The lowest BCUT2D eigenvalue weighted by Gasteiger charge is -2.22. The number of nitrogens with zero attached hydrogens (tertiary/aromatic N) is 1. The van der Waals surface area contributed by atoms with Crippen LogP contribution in [0.1, 0.15) is 27.2 Å². The summed E-state index contributed by atoms with van der Waals surface area (Å²) < 4.78 is 62.6. The summed E-state index contributed by atoms with van der Waals surface area (Å²) in [5.41, 5.74) is 0. The largest absolute Gasteiger partial charge is 0.472 e. The van der Waals surface area contributed by atoms with Crippen molar-refractivity contribution in [2.75, 3.05) is 6.61 Å². The van der Waals surface area contributed by atoms with Crippen LogP contribution in [0.5, 0.6) is 5.75 Å². The zero-order valence-corrected chi connectivity index (χ0v) is 11.8. The molecule has 0 amide bonds. The second kappa shape index (κ2) is 7.24. The molecule has 118 valence electrons. The molecule has 0 saturated heterocycles. The summed E-state index contributed by atoms with van der Waals surface area (Å²) in [5.74, 6) is -9.98. The van der Waals surface area contributed by atoms with E-state index in [0.29, 0.717) is 6.42 Å². The van der Waals surface area contributed by atoms with Gasteiger partial charge in [0.2, 0.25) is 17.4 Å². The summed E-state index contributed by atoms with van der Waals surface area (Å²) in [5, 5.41) is 0. The smallest absolute Gasteiger partial charge is 0.347 e. The van der Waals surface area contributed by atoms with E-state index < -0.39 is 47.3 Å². The maximum Gasteiger partial charge on any atom is 0.347 e. The lowest BCUT2D eigenvalue weighted by Crippen LogP contribution is -2.36. The summed E-state index contributed by atoms with van der Waals surface area (Å²) in [6, 6.07) is 0. The summed E-state index contributed by atoms with van der Waals surface area (Å²) in [4.78, 5) is 14.2. The number of aromatic nitrogens is 1. The number of pyridine rings is 1. The molecule has 0 spiro atoms. The average molecular weight is 309 g/mol. The molecule has 2 unspecified atom stereocenters. The molecule has 0 N–H and O–H groups in total. The Labute approximate surface area is 119 Å². The zero-order valence-electron chi connectivity index (χ0n) is 11.8. The number of rotatable bonds is 6. The molecule has 0 aromatic carbocycles. The quantitative estimate of drug-likeness (QED) is 0.460. The van der Waals surface area contributed by atoms with E-state index >= 15 is 0 Å². The van der Waals surface area contributed by atoms with Gasteiger partial charge in [-0.2, -0.15) is 22.5 Å². The van der Waals surface area contributed by atoms with E-state index in [0.717, 1.165) is 0 Å². The molecule has 0 saturated carbocycles. The van der Waals surface area contributed by atoms with E-state index in [-0.39, 0.29) is 6.61 Å². The standard InChI is InChI=1S/C13H15F4NO3/c1-4-6(3)9(13(19)20-5-2)21-10-7(14)11(16)18-12(17)8(10)15/h6,9H,4-5H2,1-3H3. The van der Waals surface area contributed by atoms with E-state index in [4.69, 9.17) is 9.47 Å². The molecular formula is C13H15F4NO3. The third-order valence-corrected chi connectivity index (χ3v) is 2.88. The molecule has 4 nitrogen and oxygen atoms in total. The number of hydrogen-bond donors (Lipinski definition) is 0. The van der Waals surface area contributed by atoms with Gasteiger partial charge in [0.05, 0.1) is 6.61 Å². The van der Waals surface area contributed by atoms with Crippen LogP contribution in [-0.2, 0) is 9.53 Å². The zero-order chi connectivity index (χ0) is 16.2. The van der Waals surface area contributed by atoms with Crippen LogP contribution in [0, 0.1) is 29.4 Å². The number of ether oxygens (including phenoxy) is 2. The van der Waals surface area contributed by atoms with E-state index in [1.165, 1.54) is 0 Å². The third kappa shape index (κ3) is 3.83. The Morgan fingerprint density at radius 1 is 1.14 bits per heavy atom. The molecule has 0 aliphatic heterocycles. The fourth-order valence-electron chi connectivity index (χ4n) is 1.53. The fraction of sp³-hybridized carbons (Fsp3) is 0.538. The van der Waals surface area contributed by atoms with Crippen molar-refractivity contribution in [1.82, 2.24) is 4.98 Å². The topological polar surface area (TPSA) is 48.4 Å². The molecule has 1 rings (SSSR count). The van der Waals surface area contributed by atoms with Crippen molar-refractivity contribution in [3.8, 4) is 5.75 Å². The molecule has 2 atom stereocenters. The van der Waals surface area contributed by atoms with Crippen LogP contribution in [-0.4, -0.2) is 23.7 Å². The van der Waals surface area contributed by atoms with E-state index in [9.17, 15) is 22.4 Å². The predicted octanol–water partition coefficient (Wildman–Crippen LogP) is 2.99. The monoisotopic (exact) mass is 309 g/mol. The Hall–Kier alpha value is -1.86. The van der Waals surface area contributed by atoms with Gasteiger partial charge in [-0.05, 0) is 13.3 Å². The first-order valence-corrected chi connectivity index (χ1v) is 6.36. The third-order valence-electron chi connectivity index (χ3n) is 2.88. The molecular weight excluding hydrogens is 294 g/mol. The van der Waals surface area contributed by atoms with Gasteiger partial charge in [-0.15, -0.1) is 0 Å². The minimum Gasteiger partial charge on any atom is -0.472 e. The van der Waals surface area contributed by atoms with Crippen molar-refractivity contribution < 1.29 is 31.8 Å². The highest BCUT2D eigenvalue weighted by atomic mass is 19.2. The Morgan fingerprint density at radius 3 is 2.10 bits per heavy atom. The van der Waals surface area contributed by atoms with E-state index in [1.807, 2.05) is 0 Å². The normalized spacial score (nSPS) is 13.7. The van der Waals surface area contributed by atoms with Gasteiger partial charge in [0.15, 0.2) is 6.10 Å². The first kappa shape index (κ1) is 17.2. The van der Waals surface area contributed by atoms with E-state index in [1.54, 1.807) is 20.8 Å². The molecule has 21 heavy (non-hydrogen) atoms. The number of halogens is 4. The van der Waals surface area contributed by atoms with Crippen LogP contribution < -0.4 is 4.74 Å². The molecule has 1 aromatic heterocycles. The van der Waals surface area contributed by atoms with Gasteiger partial charge in [-0.3, -0.25) is 0 Å². The second-order valence-electron chi connectivity index (χ2n) is 4.33. The van der Waals surface area contributed by atoms with Crippen molar-refractivity contribution >= 4 is 5.97 Å². The molecule has 0 bridgehead atoms. The Kier molecular flexibility index (Phi) is 5.92. The van der Waals surface area contributed by atoms with Crippen LogP contribution in [0.15, 0.2) is 0 Å². The van der Waals surface area contributed by atoms with Crippen LogP contribution in [0.25, 0.3) is 0 Å². The van der Waals surface area contributed by atoms with Gasteiger partial charge in [0, 0.05) is 5.92 Å². The molecule has 0 aliphatic carbocycles. The Bertz CT molecular complexity index is 498. The molecule has 0 fully saturated rings. The van der Waals surface area contributed by atoms with Gasteiger partial charge >= 0.3 is 5.97 Å². The molecule has 1 heterocycles.